The van der Waals surface area contributed by atoms with Crippen molar-refractivity contribution in [2.24, 2.45) is 0 Å². The van der Waals surface area contributed by atoms with Crippen LogP contribution in [0.2, 0.25) is 0 Å². The fourth-order valence-corrected chi connectivity index (χ4v) is 4.77. The molecule has 8 heteroatoms. The number of rotatable bonds is 8. The van der Waals surface area contributed by atoms with Crippen LogP contribution in [0, 0.1) is 0 Å². The number of aliphatic carboxylic acids is 1. The standard InChI is InChI=1S/C18H24N2O5S/c21-17(20(13-18(22)23)15-6-7-15)10-5-14-3-8-16(9-4-14)26(24,25)19-11-1-2-12-19/h3-4,8-9,15H,1-2,5-7,10-13H2,(H,22,23). The Bertz CT molecular complexity index is 765. The van der Waals surface area contributed by atoms with E-state index in [-0.39, 0.29) is 29.8 Å². The molecule has 0 unspecified atom stereocenters. The molecular formula is C18H24N2O5S. The Kier molecular flexibility index (Phi) is 5.62. The number of carbonyl (C=O) groups excluding carboxylic acids is 1. The second-order valence-corrected chi connectivity index (χ2v) is 8.84. The summed E-state index contributed by atoms with van der Waals surface area (Å²) < 4.78 is 26.5. The van der Waals surface area contributed by atoms with E-state index in [4.69, 9.17) is 5.11 Å². The van der Waals surface area contributed by atoms with Gasteiger partial charge in [0.2, 0.25) is 15.9 Å². The number of sulfonamides is 1. The summed E-state index contributed by atoms with van der Waals surface area (Å²) in [5.74, 6) is -1.16. The molecule has 1 saturated carbocycles. The lowest BCUT2D eigenvalue weighted by Crippen LogP contribution is -2.37. The molecular weight excluding hydrogens is 356 g/mol. The van der Waals surface area contributed by atoms with Crippen LogP contribution in [0.4, 0.5) is 0 Å². The Hall–Kier alpha value is -1.93. The Morgan fingerprint density at radius 3 is 2.27 bits per heavy atom. The number of carbonyl (C=O) groups is 2. The average molecular weight is 380 g/mol. The van der Waals surface area contributed by atoms with Gasteiger partial charge in [-0.15, -0.1) is 0 Å². The molecule has 1 saturated heterocycles. The number of carboxylic acids is 1. The van der Waals surface area contributed by atoms with Crippen molar-refractivity contribution in [2.45, 2.75) is 49.5 Å². The van der Waals surface area contributed by atoms with Crippen LogP contribution < -0.4 is 0 Å². The Labute approximate surface area is 153 Å². The smallest absolute Gasteiger partial charge is 0.323 e. The van der Waals surface area contributed by atoms with Crippen LogP contribution >= 0.6 is 0 Å². The van der Waals surface area contributed by atoms with E-state index in [1.54, 1.807) is 24.3 Å². The minimum absolute atomic E-state index is 0.0616. The van der Waals surface area contributed by atoms with Crippen molar-refractivity contribution in [3.05, 3.63) is 29.8 Å². The summed E-state index contributed by atoms with van der Waals surface area (Å²) in [7, 11) is -3.42. The first-order valence-electron chi connectivity index (χ1n) is 8.98. The summed E-state index contributed by atoms with van der Waals surface area (Å²) in [6.45, 7) is 0.884. The fourth-order valence-electron chi connectivity index (χ4n) is 3.25. The van der Waals surface area contributed by atoms with Crippen LogP contribution in [-0.2, 0) is 26.0 Å². The third kappa shape index (κ3) is 4.42. The molecule has 0 spiro atoms. The topological polar surface area (TPSA) is 95.0 Å². The van der Waals surface area contributed by atoms with Crippen LogP contribution in [0.3, 0.4) is 0 Å². The zero-order valence-electron chi connectivity index (χ0n) is 14.6. The van der Waals surface area contributed by atoms with Gasteiger partial charge in [-0.05, 0) is 49.8 Å². The Morgan fingerprint density at radius 2 is 1.73 bits per heavy atom. The number of aryl methyl sites for hydroxylation is 1. The molecule has 1 N–H and O–H groups in total. The molecule has 1 aliphatic carbocycles. The molecule has 0 bridgehead atoms. The van der Waals surface area contributed by atoms with Gasteiger partial charge in [-0.2, -0.15) is 4.31 Å². The largest absolute Gasteiger partial charge is 0.480 e. The maximum atomic E-state index is 12.5. The first-order valence-corrected chi connectivity index (χ1v) is 10.4. The molecule has 0 atom stereocenters. The highest BCUT2D eigenvalue weighted by molar-refractivity contribution is 7.89. The monoisotopic (exact) mass is 380 g/mol. The van der Waals surface area contributed by atoms with E-state index < -0.39 is 16.0 Å². The number of hydrogen-bond acceptors (Lipinski definition) is 4. The highest BCUT2D eigenvalue weighted by Gasteiger charge is 2.33. The quantitative estimate of drug-likeness (QED) is 0.737. The molecule has 26 heavy (non-hydrogen) atoms. The average Bonchev–Trinajstić information content (AvgIpc) is 3.29. The van der Waals surface area contributed by atoms with Crippen molar-refractivity contribution < 1.29 is 23.1 Å². The minimum atomic E-state index is -3.42. The van der Waals surface area contributed by atoms with Gasteiger partial charge in [0.1, 0.15) is 6.54 Å². The van der Waals surface area contributed by atoms with Gasteiger partial charge in [0.05, 0.1) is 4.90 Å². The number of carboxylic acid groups (broad SMARTS) is 1. The van der Waals surface area contributed by atoms with E-state index in [0.717, 1.165) is 31.2 Å². The maximum absolute atomic E-state index is 12.5. The summed E-state index contributed by atoms with van der Waals surface area (Å²) >= 11 is 0. The third-order valence-electron chi connectivity index (χ3n) is 4.87. The number of nitrogens with zero attached hydrogens (tertiary/aromatic N) is 2. The molecule has 1 aliphatic heterocycles. The summed E-state index contributed by atoms with van der Waals surface area (Å²) in [5.41, 5.74) is 0.866. The minimum Gasteiger partial charge on any atom is -0.480 e. The first kappa shape index (κ1) is 18.8. The molecule has 1 heterocycles. The van der Waals surface area contributed by atoms with E-state index in [0.29, 0.717) is 19.5 Å². The van der Waals surface area contributed by atoms with Crippen LogP contribution in [0.1, 0.15) is 37.7 Å². The normalized spacial score (nSPS) is 18.0. The first-order chi connectivity index (χ1) is 12.4. The van der Waals surface area contributed by atoms with Crippen molar-refractivity contribution in [1.29, 1.82) is 0 Å². The fraction of sp³-hybridized carbons (Fsp3) is 0.556. The molecule has 1 aromatic carbocycles. The van der Waals surface area contributed by atoms with Gasteiger partial charge in [0, 0.05) is 25.6 Å². The summed E-state index contributed by atoms with van der Waals surface area (Å²) in [6, 6.07) is 6.70. The molecule has 1 aromatic rings. The van der Waals surface area contributed by atoms with Crippen molar-refractivity contribution >= 4 is 21.9 Å². The summed E-state index contributed by atoms with van der Waals surface area (Å²) in [5, 5.41) is 8.94. The SMILES string of the molecule is O=C(O)CN(C(=O)CCc1ccc(S(=O)(=O)N2CCCC2)cc1)C1CC1. The summed E-state index contributed by atoms with van der Waals surface area (Å²) in [4.78, 5) is 24.9. The summed E-state index contributed by atoms with van der Waals surface area (Å²) in [6.07, 6.45) is 4.21. The van der Waals surface area contributed by atoms with Gasteiger partial charge < -0.3 is 10.0 Å². The lowest BCUT2D eigenvalue weighted by Gasteiger charge is -2.20. The van der Waals surface area contributed by atoms with Crippen molar-refractivity contribution in [3.63, 3.8) is 0 Å². The Morgan fingerprint density at radius 1 is 1.12 bits per heavy atom. The molecule has 7 nitrogen and oxygen atoms in total. The lowest BCUT2D eigenvalue weighted by atomic mass is 10.1. The molecule has 3 rings (SSSR count). The maximum Gasteiger partial charge on any atom is 0.323 e. The molecule has 0 radical (unpaired) electrons. The van der Waals surface area contributed by atoms with Gasteiger partial charge in [0.25, 0.3) is 0 Å². The number of hydrogen-bond donors (Lipinski definition) is 1. The third-order valence-corrected chi connectivity index (χ3v) is 6.78. The van der Waals surface area contributed by atoms with E-state index in [1.807, 2.05) is 0 Å². The second-order valence-electron chi connectivity index (χ2n) is 6.90. The van der Waals surface area contributed by atoms with Crippen LogP contribution in [0.25, 0.3) is 0 Å². The van der Waals surface area contributed by atoms with Crippen molar-refractivity contribution in [1.82, 2.24) is 9.21 Å². The van der Waals surface area contributed by atoms with Crippen LogP contribution in [0.15, 0.2) is 29.2 Å². The molecule has 142 valence electrons. The predicted molar refractivity (Wildman–Crippen MR) is 95.1 cm³/mol. The molecule has 2 aliphatic rings. The zero-order chi connectivity index (χ0) is 18.7. The zero-order valence-corrected chi connectivity index (χ0v) is 15.5. The predicted octanol–water partition coefficient (Wildman–Crippen LogP) is 1.48. The van der Waals surface area contributed by atoms with E-state index in [2.05, 4.69) is 0 Å². The molecule has 0 aromatic heterocycles. The van der Waals surface area contributed by atoms with Crippen molar-refractivity contribution in [2.75, 3.05) is 19.6 Å². The van der Waals surface area contributed by atoms with Gasteiger partial charge in [-0.3, -0.25) is 9.59 Å². The highest BCUT2D eigenvalue weighted by atomic mass is 32.2. The number of benzene rings is 1. The van der Waals surface area contributed by atoms with Gasteiger partial charge in [0.15, 0.2) is 0 Å². The van der Waals surface area contributed by atoms with Crippen molar-refractivity contribution in [3.8, 4) is 0 Å². The molecule has 1 amide bonds. The van der Waals surface area contributed by atoms with E-state index in [9.17, 15) is 18.0 Å². The van der Waals surface area contributed by atoms with Gasteiger partial charge in [-0.25, -0.2) is 8.42 Å². The van der Waals surface area contributed by atoms with Crippen LogP contribution in [0.5, 0.6) is 0 Å². The van der Waals surface area contributed by atoms with Gasteiger partial charge in [-0.1, -0.05) is 12.1 Å². The molecule has 2 fully saturated rings. The van der Waals surface area contributed by atoms with Crippen LogP contribution in [-0.4, -0.2) is 60.3 Å². The van der Waals surface area contributed by atoms with E-state index >= 15 is 0 Å². The van der Waals surface area contributed by atoms with E-state index in [1.165, 1.54) is 9.21 Å². The lowest BCUT2D eigenvalue weighted by molar-refractivity contribution is -0.144. The van der Waals surface area contributed by atoms with Gasteiger partial charge >= 0.3 is 5.97 Å². The Balaban J connectivity index is 1.59. The second kappa shape index (κ2) is 7.75. The number of amides is 1. The highest BCUT2D eigenvalue weighted by Crippen LogP contribution is 2.27.